The van der Waals surface area contributed by atoms with Crippen LogP contribution in [0.1, 0.15) is 60.1 Å². The number of fused-ring (bicyclic) bond motifs is 5. The molecule has 4 rings (SSSR count). The molecule has 0 radical (unpaired) electrons. The van der Waals surface area contributed by atoms with Crippen molar-refractivity contribution in [2.45, 2.75) is 51.1 Å². The van der Waals surface area contributed by atoms with Gasteiger partial charge in [0.1, 0.15) is 0 Å². The minimum Gasteiger partial charge on any atom is -0.503 e. The van der Waals surface area contributed by atoms with Crippen LogP contribution in [0.4, 0.5) is 0 Å². The highest BCUT2D eigenvalue weighted by atomic mass is 16.5. The molecule has 150 valence electrons. The van der Waals surface area contributed by atoms with E-state index in [-0.39, 0.29) is 52.7 Å². The Hall–Kier alpha value is -2.90. The number of hydrogen-bond donors (Lipinski definition) is 4. The number of rotatable bonds is 5. The van der Waals surface area contributed by atoms with Crippen molar-refractivity contribution in [3.8, 4) is 23.3 Å². The Kier molecular flexibility index (Phi) is 4.36. The quantitative estimate of drug-likeness (QED) is 0.626. The molecule has 1 saturated carbocycles. The number of amides is 1. The SMILES string of the molecule is COc1ccnc(C(=O)NC2CC3CC2c2c3c(O)n(CC(C)C)c2O)c1O. The van der Waals surface area contributed by atoms with Gasteiger partial charge in [-0.2, -0.15) is 0 Å². The van der Waals surface area contributed by atoms with Crippen LogP contribution >= 0.6 is 0 Å². The number of aromatic nitrogens is 2. The van der Waals surface area contributed by atoms with E-state index in [1.807, 2.05) is 13.8 Å². The molecule has 8 nitrogen and oxygen atoms in total. The summed E-state index contributed by atoms with van der Waals surface area (Å²) in [5.74, 6) is -0.0629. The van der Waals surface area contributed by atoms with Gasteiger partial charge in [-0.25, -0.2) is 4.98 Å². The molecule has 1 amide bonds. The van der Waals surface area contributed by atoms with Crippen LogP contribution in [0.25, 0.3) is 0 Å². The predicted molar refractivity (Wildman–Crippen MR) is 101 cm³/mol. The molecule has 3 unspecified atom stereocenters. The lowest BCUT2D eigenvalue weighted by molar-refractivity contribution is 0.0924. The normalized spacial score (nSPS) is 22.5. The van der Waals surface area contributed by atoms with Crippen LogP contribution < -0.4 is 10.1 Å². The van der Waals surface area contributed by atoms with Gasteiger partial charge in [0.2, 0.25) is 0 Å². The summed E-state index contributed by atoms with van der Waals surface area (Å²) in [6, 6.07) is 1.28. The molecule has 2 aromatic heterocycles. The first-order valence-electron chi connectivity index (χ1n) is 9.50. The number of carbonyl (C=O) groups excluding carboxylic acids is 1. The maximum atomic E-state index is 12.7. The Morgan fingerprint density at radius 1 is 1.29 bits per heavy atom. The zero-order valence-electron chi connectivity index (χ0n) is 16.1. The molecule has 8 heteroatoms. The second-order valence-corrected chi connectivity index (χ2v) is 8.04. The van der Waals surface area contributed by atoms with Gasteiger partial charge in [-0.05, 0) is 24.7 Å². The largest absolute Gasteiger partial charge is 0.503 e. The van der Waals surface area contributed by atoms with Gasteiger partial charge in [-0.3, -0.25) is 9.36 Å². The Morgan fingerprint density at radius 3 is 2.68 bits per heavy atom. The van der Waals surface area contributed by atoms with E-state index < -0.39 is 5.91 Å². The maximum Gasteiger partial charge on any atom is 0.274 e. The van der Waals surface area contributed by atoms with Crippen molar-refractivity contribution in [2.75, 3.05) is 7.11 Å². The summed E-state index contributed by atoms with van der Waals surface area (Å²) in [5.41, 5.74) is 1.46. The van der Waals surface area contributed by atoms with Crippen molar-refractivity contribution in [1.82, 2.24) is 14.9 Å². The summed E-state index contributed by atoms with van der Waals surface area (Å²) in [7, 11) is 1.41. The zero-order valence-corrected chi connectivity index (χ0v) is 16.1. The zero-order chi connectivity index (χ0) is 20.2. The molecule has 28 heavy (non-hydrogen) atoms. The Bertz CT molecular complexity index is 936. The lowest BCUT2D eigenvalue weighted by atomic mass is 9.90. The number of nitrogens with one attached hydrogen (secondary N) is 1. The number of pyridine rings is 1. The molecule has 0 aromatic carbocycles. The molecule has 4 N–H and O–H groups in total. The number of methoxy groups -OCH3 is 1. The third-order valence-electron chi connectivity index (χ3n) is 5.81. The van der Waals surface area contributed by atoms with E-state index in [1.165, 1.54) is 19.4 Å². The second-order valence-electron chi connectivity index (χ2n) is 8.04. The highest BCUT2D eigenvalue weighted by molar-refractivity contribution is 5.96. The monoisotopic (exact) mass is 387 g/mol. The van der Waals surface area contributed by atoms with Gasteiger partial charge in [-0.1, -0.05) is 13.8 Å². The summed E-state index contributed by atoms with van der Waals surface area (Å²) in [4.78, 5) is 16.6. The molecule has 2 aliphatic rings. The Balaban J connectivity index is 1.59. The van der Waals surface area contributed by atoms with E-state index in [9.17, 15) is 20.1 Å². The lowest BCUT2D eigenvalue weighted by Gasteiger charge is -2.23. The van der Waals surface area contributed by atoms with E-state index in [2.05, 4.69) is 10.3 Å². The fourth-order valence-electron chi connectivity index (χ4n) is 4.69. The van der Waals surface area contributed by atoms with Gasteiger partial charge in [0.25, 0.3) is 5.91 Å². The van der Waals surface area contributed by atoms with Crippen LogP contribution in [0, 0.1) is 5.92 Å². The van der Waals surface area contributed by atoms with E-state index in [0.717, 1.165) is 17.5 Å². The van der Waals surface area contributed by atoms with Crippen LogP contribution in [0.2, 0.25) is 0 Å². The summed E-state index contributed by atoms with van der Waals surface area (Å²) in [6.07, 6.45) is 2.85. The molecule has 1 fully saturated rings. The highest BCUT2D eigenvalue weighted by Gasteiger charge is 2.50. The number of ether oxygens (including phenoxy) is 1. The fourth-order valence-corrected chi connectivity index (χ4v) is 4.69. The maximum absolute atomic E-state index is 12.7. The molecule has 2 bridgehead atoms. The summed E-state index contributed by atoms with van der Waals surface area (Å²) < 4.78 is 6.59. The summed E-state index contributed by atoms with van der Waals surface area (Å²) >= 11 is 0. The molecule has 2 heterocycles. The molecule has 0 saturated heterocycles. The molecular weight excluding hydrogens is 362 g/mol. The van der Waals surface area contributed by atoms with Crippen molar-refractivity contribution >= 4 is 5.91 Å². The third kappa shape index (κ3) is 2.66. The van der Waals surface area contributed by atoms with Crippen molar-refractivity contribution in [1.29, 1.82) is 0 Å². The number of carbonyl (C=O) groups is 1. The van der Waals surface area contributed by atoms with Gasteiger partial charge in [-0.15, -0.1) is 0 Å². The molecule has 2 aromatic rings. The van der Waals surface area contributed by atoms with Crippen LogP contribution in [0.3, 0.4) is 0 Å². The van der Waals surface area contributed by atoms with E-state index >= 15 is 0 Å². The topological polar surface area (TPSA) is 117 Å². The Morgan fingerprint density at radius 2 is 2.00 bits per heavy atom. The first-order valence-corrected chi connectivity index (χ1v) is 9.50. The minimum atomic E-state index is -0.485. The fraction of sp³-hybridized carbons (Fsp3) is 0.500. The third-order valence-corrected chi connectivity index (χ3v) is 5.81. The number of nitrogens with zero attached hydrogens (tertiary/aromatic N) is 2. The summed E-state index contributed by atoms with van der Waals surface area (Å²) in [6.45, 7) is 4.58. The van der Waals surface area contributed by atoms with Crippen molar-refractivity contribution in [3.05, 3.63) is 29.1 Å². The Labute approximate surface area is 162 Å². The van der Waals surface area contributed by atoms with Gasteiger partial charge in [0.15, 0.2) is 29.0 Å². The van der Waals surface area contributed by atoms with Gasteiger partial charge in [0.05, 0.1) is 7.11 Å². The van der Waals surface area contributed by atoms with Crippen molar-refractivity contribution in [3.63, 3.8) is 0 Å². The van der Waals surface area contributed by atoms with Gasteiger partial charge in [0, 0.05) is 41.9 Å². The van der Waals surface area contributed by atoms with E-state index in [1.54, 1.807) is 4.57 Å². The van der Waals surface area contributed by atoms with Crippen LogP contribution in [-0.4, -0.2) is 43.9 Å². The number of hydrogen-bond acceptors (Lipinski definition) is 6. The van der Waals surface area contributed by atoms with Crippen LogP contribution in [0.5, 0.6) is 23.3 Å². The van der Waals surface area contributed by atoms with Crippen molar-refractivity contribution in [2.24, 2.45) is 5.92 Å². The first kappa shape index (κ1) is 18.5. The van der Waals surface area contributed by atoms with Gasteiger partial charge >= 0.3 is 0 Å². The molecule has 3 atom stereocenters. The molecule has 0 spiro atoms. The molecule has 2 aliphatic carbocycles. The average Bonchev–Trinajstić information content (AvgIpc) is 3.29. The molecular formula is C20H25N3O5. The predicted octanol–water partition coefficient (Wildman–Crippen LogP) is 2.44. The van der Waals surface area contributed by atoms with Crippen LogP contribution in [-0.2, 0) is 6.54 Å². The first-order chi connectivity index (χ1) is 13.3. The number of aromatic hydroxyl groups is 3. The standard InChI is InChI=1S/C20H25N3O5/c1-9(2)8-23-19(26)14-10-6-11(15(14)20(23)27)12(7-10)22-18(25)16-17(24)13(28-3)4-5-21-16/h4-5,9-12,24,26-27H,6-8H2,1-3H3,(H,22,25). The highest BCUT2D eigenvalue weighted by Crippen LogP contribution is 2.60. The lowest BCUT2D eigenvalue weighted by Crippen LogP contribution is -2.38. The summed E-state index contributed by atoms with van der Waals surface area (Å²) in [5, 5.41) is 34.4. The van der Waals surface area contributed by atoms with Gasteiger partial charge < -0.3 is 25.4 Å². The second kappa shape index (κ2) is 6.61. The molecule has 0 aliphatic heterocycles. The van der Waals surface area contributed by atoms with E-state index in [0.29, 0.717) is 13.0 Å². The smallest absolute Gasteiger partial charge is 0.274 e. The van der Waals surface area contributed by atoms with Crippen LogP contribution in [0.15, 0.2) is 12.3 Å². The average molecular weight is 387 g/mol. The minimum absolute atomic E-state index is 0.0731. The van der Waals surface area contributed by atoms with Crippen molar-refractivity contribution < 1.29 is 24.9 Å². The van der Waals surface area contributed by atoms with E-state index in [4.69, 9.17) is 4.74 Å².